The number of rotatable bonds is 3. The highest BCUT2D eigenvalue weighted by atomic mass is 32.2. The van der Waals surface area contributed by atoms with Crippen LogP contribution >= 0.6 is 11.8 Å². The van der Waals surface area contributed by atoms with Crippen LogP contribution in [-0.4, -0.2) is 45.7 Å². The van der Waals surface area contributed by atoms with Crippen molar-refractivity contribution in [3.05, 3.63) is 10.6 Å². The van der Waals surface area contributed by atoms with Gasteiger partial charge < -0.3 is 10.4 Å². The van der Waals surface area contributed by atoms with Crippen LogP contribution in [0.2, 0.25) is 0 Å². The van der Waals surface area contributed by atoms with Crippen molar-refractivity contribution in [3.8, 4) is 0 Å². The van der Waals surface area contributed by atoms with Crippen LogP contribution in [0.3, 0.4) is 0 Å². The molecule has 2 heterocycles. The van der Waals surface area contributed by atoms with Crippen molar-refractivity contribution < 1.29 is 24.3 Å². The van der Waals surface area contributed by atoms with Gasteiger partial charge in [-0.05, 0) is 0 Å². The Balaban J connectivity index is 2.03. The van der Waals surface area contributed by atoms with E-state index in [4.69, 9.17) is 5.11 Å². The highest BCUT2D eigenvalue weighted by molar-refractivity contribution is 8.04. The summed E-state index contributed by atoms with van der Waals surface area (Å²) in [4.78, 5) is 45.9. The summed E-state index contributed by atoms with van der Waals surface area (Å²) >= 11 is 1.24. The van der Waals surface area contributed by atoms with E-state index >= 15 is 0 Å². The average Bonchev–Trinajstić information content (AvgIpc) is 2.58. The van der Waals surface area contributed by atoms with Gasteiger partial charge in [-0.2, -0.15) is 0 Å². The average molecular weight is 285 g/mol. The molecule has 0 aromatic heterocycles. The summed E-state index contributed by atoms with van der Waals surface area (Å²) in [7, 11) is 0. The molecule has 2 aliphatic rings. The Morgan fingerprint density at radius 3 is 2.68 bits per heavy atom. The first-order valence-corrected chi connectivity index (χ1v) is 6.28. The number of hydrogen-bond donors (Lipinski definition) is 3. The van der Waals surface area contributed by atoms with Crippen molar-refractivity contribution in [1.29, 1.82) is 0 Å². The number of thioether (sulfide) groups is 1. The Kier molecular flexibility index (Phi) is 3.47. The second kappa shape index (κ2) is 4.92. The van der Waals surface area contributed by atoms with Gasteiger partial charge in [-0.3, -0.25) is 19.8 Å². The molecule has 0 aliphatic carbocycles. The lowest BCUT2D eigenvalue weighted by Crippen LogP contribution is -2.48. The molecule has 4 amide bonds. The minimum absolute atomic E-state index is 0.0360. The van der Waals surface area contributed by atoms with E-state index < -0.39 is 17.9 Å². The molecule has 0 radical (unpaired) electrons. The third-order valence-electron chi connectivity index (χ3n) is 2.59. The number of β-lactam (4-membered cyclic amide) rings is 1. The minimum Gasteiger partial charge on any atom is -0.477 e. The van der Waals surface area contributed by atoms with Crippen LogP contribution in [0.4, 0.5) is 4.79 Å². The predicted octanol–water partition coefficient (Wildman–Crippen LogP) is -0.567. The Morgan fingerprint density at radius 2 is 2.16 bits per heavy atom. The highest BCUT2D eigenvalue weighted by Crippen LogP contribution is 2.45. The first-order valence-electron chi connectivity index (χ1n) is 5.40. The molecular weight excluding hydrogens is 274 g/mol. The van der Waals surface area contributed by atoms with Crippen molar-refractivity contribution in [2.45, 2.75) is 18.7 Å². The van der Waals surface area contributed by atoms with Crippen LogP contribution < -0.4 is 10.6 Å². The van der Waals surface area contributed by atoms with E-state index in [0.717, 1.165) is 0 Å². The zero-order valence-electron chi connectivity index (χ0n) is 9.93. The summed E-state index contributed by atoms with van der Waals surface area (Å²) in [5, 5.41) is 13.3. The van der Waals surface area contributed by atoms with Crippen LogP contribution in [0, 0.1) is 0 Å². The lowest BCUT2D eigenvalue weighted by Gasteiger charge is -2.33. The third-order valence-corrected chi connectivity index (χ3v) is 3.86. The van der Waals surface area contributed by atoms with Gasteiger partial charge in [-0.1, -0.05) is 0 Å². The Hall–Kier alpha value is -2.03. The normalized spacial score (nSPS) is 20.8. The molecule has 0 aromatic rings. The Morgan fingerprint density at radius 1 is 1.47 bits per heavy atom. The van der Waals surface area contributed by atoms with Crippen LogP contribution in [0.5, 0.6) is 0 Å². The summed E-state index contributed by atoms with van der Waals surface area (Å²) in [6, 6.07) is -0.703. The molecule has 1 atom stereocenters. The van der Waals surface area contributed by atoms with E-state index in [9.17, 15) is 19.2 Å². The van der Waals surface area contributed by atoms with Crippen LogP contribution in [0.25, 0.3) is 0 Å². The van der Waals surface area contributed by atoms with Gasteiger partial charge in [0.2, 0.25) is 11.8 Å². The second-order valence-corrected chi connectivity index (χ2v) is 5.25. The molecule has 0 saturated carbocycles. The number of carbonyl (C=O) groups is 4. The molecule has 9 heteroatoms. The number of carboxylic acid groups (broad SMARTS) is 1. The number of carboxylic acids is 1. The van der Waals surface area contributed by atoms with Crippen molar-refractivity contribution in [3.63, 3.8) is 0 Å². The molecule has 2 rings (SSSR count). The summed E-state index contributed by atoms with van der Waals surface area (Å²) in [6.45, 7) is 1.15. The molecule has 8 nitrogen and oxygen atoms in total. The number of urea groups is 1. The maximum atomic E-state index is 11.3. The van der Waals surface area contributed by atoms with Crippen molar-refractivity contribution in [1.82, 2.24) is 15.5 Å². The second-order valence-electron chi connectivity index (χ2n) is 3.98. The Labute approximate surface area is 112 Å². The SMILES string of the molecule is CC(=O)NC(=O)NCC1=C(C(=O)O)N2C(=O)C[C@H]2S1. The van der Waals surface area contributed by atoms with E-state index in [0.29, 0.717) is 11.3 Å². The third kappa shape index (κ3) is 2.55. The quantitative estimate of drug-likeness (QED) is 0.598. The van der Waals surface area contributed by atoms with Crippen molar-refractivity contribution in [2.24, 2.45) is 0 Å². The van der Waals surface area contributed by atoms with Crippen molar-refractivity contribution >= 4 is 35.6 Å². The lowest BCUT2D eigenvalue weighted by molar-refractivity contribution is -0.145. The van der Waals surface area contributed by atoms with Gasteiger partial charge in [-0.25, -0.2) is 9.59 Å². The van der Waals surface area contributed by atoms with Gasteiger partial charge in [0.25, 0.3) is 0 Å². The summed E-state index contributed by atoms with van der Waals surface area (Å²) in [5.74, 6) is -1.95. The first-order chi connectivity index (χ1) is 8.90. The summed E-state index contributed by atoms with van der Waals surface area (Å²) in [5.41, 5.74) is -0.0885. The molecule has 19 heavy (non-hydrogen) atoms. The van der Waals surface area contributed by atoms with E-state index in [1.807, 2.05) is 5.32 Å². The maximum absolute atomic E-state index is 11.3. The van der Waals surface area contributed by atoms with Crippen LogP contribution in [0.1, 0.15) is 13.3 Å². The number of imide groups is 1. The fourth-order valence-corrected chi connectivity index (χ4v) is 3.15. The van der Waals surface area contributed by atoms with Gasteiger partial charge >= 0.3 is 12.0 Å². The van der Waals surface area contributed by atoms with Crippen LogP contribution in [-0.2, 0) is 14.4 Å². The van der Waals surface area contributed by atoms with Gasteiger partial charge in [0.1, 0.15) is 5.70 Å². The standard InChI is InChI=1S/C10H11N3O5S/c1-4(14)12-10(18)11-3-5-8(9(16)17)13-6(15)2-7(13)19-5/h7H,2-3H2,1H3,(H,16,17)(H2,11,12,14,18)/t7-/m1/s1. The molecule has 0 spiro atoms. The van der Waals surface area contributed by atoms with Gasteiger partial charge in [0.05, 0.1) is 18.3 Å². The van der Waals surface area contributed by atoms with E-state index in [2.05, 4.69) is 5.32 Å². The first kappa shape index (κ1) is 13.4. The number of carbonyl (C=O) groups excluding carboxylic acids is 3. The van der Waals surface area contributed by atoms with Crippen molar-refractivity contribution in [2.75, 3.05) is 6.54 Å². The number of nitrogens with zero attached hydrogens (tertiary/aromatic N) is 1. The van der Waals surface area contributed by atoms with E-state index in [-0.39, 0.29) is 23.5 Å². The zero-order chi connectivity index (χ0) is 14.2. The number of hydrogen-bond acceptors (Lipinski definition) is 5. The van der Waals surface area contributed by atoms with Gasteiger partial charge in [0.15, 0.2) is 0 Å². The van der Waals surface area contributed by atoms with E-state index in [1.54, 1.807) is 0 Å². The lowest BCUT2D eigenvalue weighted by atomic mass is 10.1. The molecule has 1 fully saturated rings. The fraction of sp³-hybridized carbons (Fsp3) is 0.400. The zero-order valence-corrected chi connectivity index (χ0v) is 10.7. The molecule has 0 unspecified atom stereocenters. The topological polar surface area (TPSA) is 116 Å². The molecule has 0 aromatic carbocycles. The number of aliphatic carboxylic acids is 1. The number of amides is 4. The molecular formula is C10H11N3O5S. The predicted molar refractivity (Wildman–Crippen MR) is 64.7 cm³/mol. The van der Waals surface area contributed by atoms with E-state index in [1.165, 1.54) is 23.6 Å². The molecule has 1 saturated heterocycles. The highest BCUT2D eigenvalue weighted by Gasteiger charge is 2.48. The summed E-state index contributed by atoms with van der Waals surface area (Å²) in [6.07, 6.45) is 0.296. The minimum atomic E-state index is -1.20. The Bertz CT molecular complexity index is 515. The smallest absolute Gasteiger partial charge is 0.353 e. The maximum Gasteiger partial charge on any atom is 0.353 e. The number of fused-ring (bicyclic) bond motifs is 1. The fourth-order valence-electron chi connectivity index (χ4n) is 1.82. The largest absolute Gasteiger partial charge is 0.477 e. The molecule has 3 N–H and O–H groups in total. The van der Waals surface area contributed by atoms with Gasteiger partial charge in [0, 0.05) is 11.8 Å². The molecule has 2 aliphatic heterocycles. The molecule has 102 valence electrons. The van der Waals surface area contributed by atoms with Crippen LogP contribution in [0.15, 0.2) is 10.6 Å². The van der Waals surface area contributed by atoms with Gasteiger partial charge in [-0.15, -0.1) is 11.8 Å². The number of nitrogens with one attached hydrogen (secondary N) is 2. The monoisotopic (exact) mass is 285 g/mol. The molecule has 0 bridgehead atoms. The summed E-state index contributed by atoms with van der Waals surface area (Å²) < 4.78 is 0.